The Morgan fingerprint density at radius 2 is 1.79 bits per heavy atom. The molecule has 0 atom stereocenters. The fraction of sp³-hybridized carbons (Fsp3) is 0.462. The average Bonchev–Trinajstić information content (AvgIpc) is 2.36. The first-order valence-electron chi connectivity index (χ1n) is 6.27. The molecule has 0 saturated carbocycles. The predicted octanol–water partition coefficient (Wildman–Crippen LogP) is 1.51. The number of amides is 1. The van der Waals surface area contributed by atoms with Gasteiger partial charge in [-0.05, 0) is 44.5 Å². The number of nitrogens with one attached hydrogen (secondary N) is 2. The minimum absolute atomic E-state index is 0.0436. The van der Waals surface area contributed by atoms with Crippen LogP contribution in [0.15, 0.2) is 29.2 Å². The van der Waals surface area contributed by atoms with Gasteiger partial charge in [-0.25, -0.2) is 13.1 Å². The zero-order chi connectivity index (χ0) is 14.5. The number of carbonyl (C=O) groups is 1. The Hall–Kier alpha value is -1.40. The fourth-order valence-electron chi connectivity index (χ4n) is 1.45. The number of sulfonamides is 1. The summed E-state index contributed by atoms with van der Waals surface area (Å²) in [6.45, 7) is 6.02. The number of carbonyl (C=O) groups excluding carboxylic acids is 1. The van der Waals surface area contributed by atoms with Crippen molar-refractivity contribution in [2.24, 2.45) is 0 Å². The van der Waals surface area contributed by atoms with Gasteiger partial charge in [0.25, 0.3) is 5.91 Å². The van der Waals surface area contributed by atoms with Crippen LogP contribution in [-0.4, -0.2) is 26.9 Å². The first-order valence-corrected chi connectivity index (χ1v) is 7.75. The molecule has 0 aliphatic heterocycles. The Kier molecular flexibility index (Phi) is 5.50. The number of benzene rings is 1. The standard InChI is InChI=1S/C13H20N2O3S/c1-4-9-14-19(17,18)12-7-5-11(6-8-12)13(16)15-10(2)3/h5-8,10,14H,4,9H2,1-3H3,(H,15,16). The van der Waals surface area contributed by atoms with Gasteiger partial charge in [0.05, 0.1) is 4.90 Å². The lowest BCUT2D eigenvalue weighted by Crippen LogP contribution is -2.30. The van der Waals surface area contributed by atoms with Crippen molar-refractivity contribution >= 4 is 15.9 Å². The van der Waals surface area contributed by atoms with E-state index in [2.05, 4.69) is 10.0 Å². The molecule has 0 fully saturated rings. The van der Waals surface area contributed by atoms with Crippen LogP contribution in [-0.2, 0) is 10.0 Å². The van der Waals surface area contributed by atoms with E-state index >= 15 is 0 Å². The van der Waals surface area contributed by atoms with Crippen LogP contribution in [0.2, 0.25) is 0 Å². The minimum Gasteiger partial charge on any atom is -0.350 e. The van der Waals surface area contributed by atoms with Gasteiger partial charge >= 0.3 is 0 Å². The van der Waals surface area contributed by atoms with E-state index in [-0.39, 0.29) is 16.8 Å². The van der Waals surface area contributed by atoms with Crippen molar-refractivity contribution in [3.63, 3.8) is 0 Å². The van der Waals surface area contributed by atoms with Gasteiger partial charge in [0.15, 0.2) is 0 Å². The van der Waals surface area contributed by atoms with Crippen LogP contribution in [0, 0.1) is 0 Å². The third-order valence-corrected chi connectivity index (χ3v) is 3.87. The molecular weight excluding hydrogens is 264 g/mol. The summed E-state index contributed by atoms with van der Waals surface area (Å²) < 4.78 is 26.2. The van der Waals surface area contributed by atoms with Gasteiger partial charge in [-0.3, -0.25) is 4.79 Å². The summed E-state index contributed by atoms with van der Waals surface area (Å²) in [5.41, 5.74) is 0.447. The van der Waals surface area contributed by atoms with E-state index in [1.165, 1.54) is 24.3 Å². The lowest BCUT2D eigenvalue weighted by molar-refractivity contribution is 0.0943. The highest BCUT2D eigenvalue weighted by Gasteiger charge is 2.14. The second-order valence-corrected chi connectivity index (χ2v) is 6.32. The minimum atomic E-state index is -3.47. The van der Waals surface area contributed by atoms with E-state index in [0.717, 1.165) is 6.42 Å². The number of rotatable bonds is 6. The summed E-state index contributed by atoms with van der Waals surface area (Å²) >= 11 is 0. The van der Waals surface area contributed by atoms with Crippen molar-refractivity contribution in [2.75, 3.05) is 6.54 Å². The summed E-state index contributed by atoms with van der Waals surface area (Å²) in [6, 6.07) is 5.94. The van der Waals surface area contributed by atoms with E-state index in [1.807, 2.05) is 20.8 Å². The Balaban J connectivity index is 2.84. The van der Waals surface area contributed by atoms with Gasteiger partial charge in [-0.1, -0.05) is 6.92 Å². The topological polar surface area (TPSA) is 75.3 Å². The van der Waals surface area contributed by atoms with Crippen LogP contribution in [0.3, 0.4) is 0 Å². The highest BCUT2D eigenvalue weighted by Crippen LogP contribution is 2.10. The van der Waals surface area contributed by atoms with Crippen LogP contribution >= 0.6 is 0 Å². The lowest BCUT2D eigenvalue weighted by Gasteiger charge is -2.09. The van der Waals surface area contributed by atoms with E-state index in [9.17, 15) is 13.2 Å². The molecule has 0 aliphatic rings. The van der Waals surface area contributed by atoms with Crippen LogP contribution in [0.1, 0.15) is 37.6 Å². The maximum absolute atomic E-state index is 11.8. The summed E-state index contributed by atoms with van der Waals surface area (Å²) in [4.78, 5) is 11.9. The monoisotopic (exact) mass is 284 g/mol. The zero-order valence-corrected chi connectivity index (χ0v) is 12.3. The second-order valence-electron chi connectivity index (χ2n) is 4.55. The molecule has 5 nitrogen and oxygen atoms in total. The highest BCUT2D eigenvalue weighted by atomic mass is 32.2. The first-order chi connectivity index (χ1) is 8.86. The van der Waals surface area contributed by atoms with Crippen molar-refractivity contribution in [1.29, 1.82) is 0 Å². The Morgan fingerprint density at radius 3 is 2.26 bits per heavy atom. The van der Waals surface area contributed by atoms with E-state index < -0.39 is 10.0 Å². The van der Waals surface area contributed by atoms with Crippen LogP contribution in [0.5, 0.6) is 0 Å². The molecule has 1 aromatic carbocycles. The van der Waals surface area contributed by atoms with Crippen molar-refractivity contribution in [2.45, 2.75) is 38.1 Å². The summed E-state index contributed by atoms with van der Waals surface area (Å²) in [6.07, 6.45) is 0.730. The Labute approximate surface area is 114 Å². The van der Waals surface area contributed by atoms with E-state index in [1.54, 1.807) is 0 Å². The summed E-state index contributed by atoms with van der Waals surface area (Å²) in [7, 11) is -3.47. The summed E-state index contributed by atoms with van der Waals surface area (Å²) in [5.74, 6) is -0.208. The van der Waals surface area contributed by atoms with Crippen molar-refractivity contribution in [3.05, 3.63) is 29.8 Å². The summed E-state index contributed by atoms with van der Waals surface area (Å²) in [5, 5.41) is 2.75. The average molecular weight is 284 g/mol. The van der Waals surface area contributed by atoms with Gasteiger partial charge in [-0.2, -0.15) is 0 Å². The smallest absolute Gasteiger partial charge is 0.251 e. The molecule has 1 rings (SSSR count). The zero-order valence-electron chi connectivity index (χ0n) is 11.4. The Bertz CT molecular complexity index is 521. The molecule has 0 saturated heterocycles. The molecule has 0 aliphatic carbocycles. The maximum atomic E-state index is 11.8. The third kappa shape index (κ3) is 4.65. The number of hydrogen-bond donors (Lipinski definition) is 2. The highest BCUT2D eigenvalue weighted by molar-refractivity contribution is 7.89. The lowest BCUT2D eigenvalue weighted by atomic mass is 10.2. The fourth-order valence-corrected chi connectivity index (χ4v) is 2.58. The molecule has 1 aromatic rings. The molecular formula is C13H20N2O3S. The molecule has 0 unspecified atom stereocenters. The molecule has 106 valence electrons. The first kappa shape index (κ1) is 15.7. The molecule has 1 amide bonds. The molecule has 0 radical (unpaired) electrons. The van der Waals surface area contributed by atoms with Gasteiger partial charge in [-0.15, -0.1) is 0 Å². The molecule has 0 aromatic heterocycles. The third-order valence-electron chi connectivity index (χ3n) is 2.39. The van der Waals surface area contributed by atoms with Crippen LogP contribution in [0.4, 0.5) is 0 Å². The molecule has 6 heteroatoms. The van der Waals surface area contributed by atoms with E-state index in [0.29, 0.717) is 12.1 Å². The normalized spacial score (nSPS) is 11.6. The van der Waals surface area contributed by atoms with E-state index in [4.69, 9.17) is 0 Å². The van der Waals surface area contributed by atoms with Crippen molar-refractivity contribution in [3.8, 4) is 0 Å². The molecule has 2 N–H and O–H groups in total. The van der Waals surface area contributed by atoms with Gasteiger partial charge in [0, 0.05) is 18.2 Å². The molecule has 0 heterocycles. The van der Waals surface area contributed by atoms with Crippen LogP contribution in [0.25, 0.3) is 0 Å². The van der Waals surface area contributed by atoms with Crippen molar-refractivity contribution in [1.82, 2.24) is 10.0 Å². The van der Waals surface area contributed by atoms with Gasteiger partial charge < -0.3 is 5.32 Å². The maximum Gasteiger partial charge on any atom is 0.251 e. The molecule has 0 spiro atoms. The molecule has 0 bridgehead atoms. The second kappa shape index (κ2) is 6.68. The number of hydrogen-bond acceptors (Lipinski definition) is 3. The van der Waals surface area contributed by atoms with Gasteiger partial charge in [0.1, 0.15) is 0 Å². The molecule has 19 heavy (non-hydrogen) atoms. The van der Waals surface area contributed by atoms with Crippen LogP contribution < -0.4 is 10.0 Å². The van der Waals surface area contributed by atoms with Crippen molar-refractivity contribution < 1.29 is 13.2 Å². The largest absolute Gasteiger partial charge is 0.350 e. The SMILES string of the molecule is CCCNS(=O)(=O)c1ccc(C(=O)NC(C)C)cc1. The Morgan fingerprint density at radius 1 is 1.21 bits per heavy atom. The quantitative estimate of drug-likeness (QED) is 0.831. The predicted molar refractivity (Wildman–Crippen MR) is 74.5 cm³/mol. The van der Waals surface area contributed by atoms with Gasteiger partial charge in [0.2, 0.25) is 10.0 Å².